The van der Waals surface area contributed by atoms with Crippen LogP contribution >= 0.6 is 0 Å². The maximum Gasteiger partial charge on any atom is 0.334 e. The summed E-state index contributed by atoms with van der Waals surface area (Å²) >= 11 is 0. The van der Waals surface area contributed by atoms with E-state index in [-0.39, 0.29) is 34.7 Å². The van der Waals surface area contributed by atoms with E-state index in [9.17, 15) is 14.4 Å². The first-order chi connectivity index (χ1) is 15.7. The largest absolute Gasteiger partial charge is 0.466 e. The molecule has 7 atom stereocenters. The van der Waals surface area contributed by atoms with Crippen molar-refractivity contribution in [3.8, 4) is 0 Å². The summed E-state index contributed by atoms with van der Waals surface area (Å²) in [6, 6.07) is 0.447. The lowest BCUT2D eigenvalue weighted by molar-refractivity contribution is -0.139. The number of hydrogen-bond acceptors (Lipinski definition) is 4. The van der Waals surface area contributed by atoms with Crippen LogP contribution in [0.4, 0.5) is 0 Å². The molecule has 33 heavy (non-hydrogen) atoms. The van der Waals surface area contributed by atoms with Crippen LogP contribution in [0.3, 0.4) is 0 Å². The van der Waals surface area contributed by atoms with Crippen LogP contribution in [0.1, 0.15) is 71.6 Å². The molecule has 5 aliphatic rings. The molecule has 0 radical (unpaired) electrons. The van der Waals surface area contributed by atoms with E-state index >= 15 is 0 Å². The number of esters is 1. The molecular formula is C27H38N2O4. The van der Waals surface area contributed by atoms with Gasteiger partial charge in [0.25, 0.3) is 0 Å². The Morgan fingerprint density at radius 3 is 2.58 bits per heavy atom. The van der Waals surface area contributed by atoms with Gasteiger partial charge in [-0.1, -0.05) is 19.9 Å². The summed E-state index contributed by atoms with van der Waals surface area (Å²) in [7, 11) is 3.35. The molecule has 4 aliphatic carbocycles. The van der Waals surface area contributed by atoms with E-state index in [1.165, 1.54) is 7.11 Å². The quantitative estimate of drug-likeness (QED) is 0.659. The van der Waals surface area contributed by atoms with Gasteiger partial charge in [-0.2, -0.15) is 0 Å². The zero-order valence-corrected chi connectivity index (χ0v) is 20.5. The lowest BCUT2D eigenvalue weighted by Gasteiger charge is -2.60. The molecule has 2 amide bonds. The Kier molecular flexibility index (Phi) is 5.49. The Labute approximate surface area is 197 Å². The molecule has 1 aliphatic heterocycles. The molecule has 3 saturated carbocycles. The van der Waals surface area contributed by atoms with Gasteiger partial charge in [-0.05, 0) is 87.0 Å². The molecule has 0 aromatic rings. The first kappa shape index (κ1) is 22.7. The van der Waals surface area contributed by atoms with E-state index in [2.05, 4.69) is 25.2 Å². The number of likely N-dealkylation sites (N-methyl/N-ethyl adjacent to an activating group) is 1. The normalized spacial score (nSPS) is 42.0. The Hall–Kier alpha value is -2.11. The fourth-order valence-electron chi connectivity index (χ4n) is 8.56. The molecule has 0 spiro atoms. The van der Waals surface area contributed by atoms with Gasteiger partial charge in [-0.15, -0.1) is 0 Å². The van der Waals surface area contributed by atoms with Gasteiger partial charge < -0.3 is 15.0 Å². The predicted molar refractivity (Wildman–Crippen MR) is 125 cm³/mol. The molecule has 3 fully saturated rings. The molecule has 1 N–H and O–H groups in total. The molecule has 5 rings (SSSR count). The van der Waals surface area contributed by atoms with Crippen LogP contribution in [0.2, 0.25) is 0 Å². The minimum absolute atomic E-state index is 0.0400. The molecule has 1 heterocycles. The second kappa shape index (κ2) is 7.99. The topological polar surface area (TPSA) is 75.7 Å². The average molecular weight is 455 g/mol. The standard InChI is InChI=1S/C27H38N2O4/c1-26-14-12-20-18(8-11-22-27(20,2)15-13-23(30)29(22)3)19(26)9-10-21(26)28-24(31)16-6-5-7-17(16)25(32)33-4/h13,15,18-22H,5-12,14H2,1-4H3,(H,28,31)/t18-,19-,20+,21?,22?,26-,27+/m0/s1. The molecule has 180 valence electrons. The van der Waals surface area contributed by atoms with Gasteiger partial charge in [-0.25, -0.2) is 4.79 Å². The van der Waals surface area contributed by atoms with E-state index in [4.69, 9.17) is 4.74 Å². The molecule has 6 heteroatoms. The summed E-state index contributed by atoms with van der Waals surface area (Å²) in [6.07, 6.45) is 12.7. The van der Waals surface area contributed by atoms with Crippen molar-refractivity contribution >= 4 is 17.8 Å². The van der Waals surface area contributed by atoms with Gasteiger partial charge in [0.05, 0.1) is 7.11 Å². The highest BCUT2D eigenvalue weighted by atomic mass is 16.5. The number of ether oxygens (including phenoxy) is 1. The van der Waals surface area contributed by atoms with Crippen molar-refractivity contribution < 1.29 is 19.1 Å². The molecule has 0 aromatic heterocycles. The number of methoxy groups -OCH3 is 1. The number of fused-ring (bicyclic) bond motifs is 5. The average Bonchev–Trinajstić information content (AvgIpc) is 3.41. The molecule has 6 nitrogen and oxygen atoms in total. The summed E-state index contributed by atoms with van der Waals surface area (Å²) in [6.45, 7) is 4.75. The minimum atomic E-state index is -0.359. The number of rotatable bonds is 3. The number of hydrogen-bond donors (Lipinski definition) is 1. The molecule has 2 unspecified atom stereocenters. The Morgan fingerprint density at radius 1 is 1.06 bits per heavy atom. The lowest BCUT2D eigenvalue weighted by atomic mass is 9.48. The highest BCUT2D eigenvalue weighted by Gasteiger charge is 2.60. The minimum Gasteiger partial charge on any atom is -0.466 e. The Morgan fingerprint density at radius 2 is 1.82 bits per heavy atom. The highest BCUT2D eigenvalue weighted by molar-refractivity contribution is 6.03. The van der Waals surface area contributed by atoms with Crippen LogP contribution in [0.15, 0.2) is 23.3 Å². The van der Waals surface area contributed by atoms with E-state index < -0.39 is 0 Å². The predicted octanol–water partition coefficient (Wildman–Crippen LogP) is 3.76. The molecule has 0 aromatic carbocycles. The fraction of sp³-hybridized carbons (Fsp3) is 0.741. The zero-order chi connectivity index (χ0) is 23.5. The second-order valence-electron chi connectivity index (χ2n) is 11.6. The van der Waals surface area contributed by atoms with E-state index in [0.29, 0.717) is 47.8 Å². The van der Waals surface area contributed by atoms with Crippen LogP contribution in [0, 0.1) is 28.6 Å². The van der Waals surface area contributed by atoms with E-state index in [0.717, 1.165) is 44.9 Å². The van der Waals surface area contributed by atoms with Gasteiger partial charge in [0.15, 0.2) is 0 Å². The zero-order valence-electron chi connectivity index (χ0n) is 20.5. The van der Waals surface area contributed by atoms with E-state index in [1.807, 2.05) is 11.9 Å². The Balaban J connectivity index is 1.35. The van der Waals surface area contributed by atoms with Crippen LogP contribution in [-0.2, 0) is 19.1 Å². The lowest BCUT2D eigenvalue weighted by Crippen LogP contribution is -2.60. The third-order valence-corrected chi connectivity index (χ3v) is 10.4. The maximum absolute atomic E-state index is 13.2. The number of nitrogens with zero attached hydrogens (tertiary/aromatic N) is 1. The van der Waals surface area contributed by atoms with Crippen molar-refractivity contribution in [2.45, 2.75) is 83.7 Å². The van der Waals surface area contributed by atoms with Crippen LogP contribution < -0.4 is 5.32 Å². The number of nitrogens with one attached hydrogen (secondary N) is 1. The van der Waals surface area contributed by atoms with Crippen LogP contribution in [-0.4, -0.2) is 48.9 Å². The fourth-order valence-corrected chi connectivity index (χ4v) is 8.56. The second-order valence-corrected chi connectivity index (χ2v) is 11.6. The third-order valence-electron chi connectivity index (χ3n) is 10.4. The van der Waals surface area contributed by atoms with Crippen molar-refractivity contribution in [3.63, 3.8) is 0 Å². The SMILES string of the molecule is COC(=O)C1=C(C(=O)NC2CC[C@H]3[C@@H]4CCC5N(C)C(=O)C=C[C@]5(C)[C@@H]4CC[C@]23C)CCC1. The third kappa shape index (κ3) is 3.30. The van der Waals surface area contributed by atoms with Crippen molar-refractivity contribution in [2.75, 3.05) is 14.2 Å². The van der Waals surface area contributed by atoms with Crippen molar-refractivity contribution in [2.24, 2.45) is 28.6 Å². The van der Waals surface area contributed by atoms with Crippen LogP contribution in [0.5, 0.6) is 0 Å². The van der Waals surface area contributed by atoms with Gasteiger partial charge in [0.2, 0.25) is 11.8 Å². The highest BCUT2D eigenvalue weighted by Crippen LogP contribution is 2.64. The summed E-state index contributed by atoms with van der Waals surface area (Å²) in [4.78, 5) is 39.6. The van der Waals surface area contributed by atoms with Gasteiger partial charge in [-0.3, -0.25) is 9.59 Å². The summed E-state index contributed by atoms with van der Waals surface area (Å²) < 4.78 is 4.91. The monoisotopic (exact) mass is 454 g/mol. The molecular weight excluding hydrogens is 416 g/mol. The van der Waals surface area contributed by atoms with Gasteiger partial charge in [0, 0.05) is 35.7 Å². The smallest absolute Gasteiger partial charge is 0.334 e. The summed E-state index contributed by atoms with van der Waals surface area (Å²) in [5.41, 5.74) is 1.33. The van der Waals surface area contributed by atoms with Crippen molar-refractivity contribution in [3.05, 3.63) is 23.3 Å². The van der Waals surface area contributed by atoms with Crippen LogP contribution in [0.25, 0.3) is 0 Å². The van der Waals surface area contributed by atoms with Crippen molar-refractivity contribution in [1.29, 1.82) is 0 Å². The van der Waals surface area contributed by atoms with Gasteiger partial charge in [0.1, 0.15) is 0 Å². The first-order valence-electron chi connectivity index (χ1n) is 12.8. The number of carbonyl (C=O) groups excluding carboxylic acids is 3. The van der Waals surface area contributed by atoms with E-state index in [1.54, 1.807) is 6.08 Å². The number of amides is 2. The molecule has 0 bridgehead atoms. The molecule has 0 saturated heterocycles. The first-order valence-corrected chi connectivity index (χ1v) is 12.8. The van der Waals surface area contributed by atoms with Gasteiger partial charge >= 0.3 is 5.97 Å². The maximum atomic E-state index is 13.2. The number of carbonyl (C=O) groups is 3. The summed E-state index contributed by atoms with van der Waals surface area (Å²) in [5, 5.41) is 3.37. The van der Waals surface area contributed by atoms with Crippen molar-refractivity contribution in [1.82, 2.24) is 10.2 Å². The summed E-state index contributed by atoms with van der Waals surface area (Å²) in [5.74, 6) is 1.52. The Bertz CT molecular complexity index is 938.